The molecule has 0 aromatic carbocycles. The number of aromatic nitrogens is 2. The molecule has 1 aliphatic heterocycles. The fraction of sp³-hybridized carbons (Fsp3) is 0.667. The Morgan fingerprint density at radius 2 is 2.04 bits per heavy atom. The summed E-state index contributed by atoms with van der Waals surface area (Å²) in [5, 5.41) is 0. The molecular formula is C15H20F3N3O2. The highest BCUT2D eigenvalue weighted by Gasteiger charge is 2.33. The van der Waals surface area contributed by atoms with E-state index in [2.05, 4.69) is 9.97 Å². The van der Waals surface area contributed by atoms with Crippen molar-refractivity contribution in [3.63, 3.8) is 0 Å². The van der Waals surface area contributed by atoms with Crippen molar-refractivity contribution in [2.75, 3.05) is 13.1 Å². The maximum absolute atomic E-state index is 12.6. The third kappa shape index (κ3) is 5.07. The lowest BCUT2D eigenvalue weighted by Crippen LogP contribution is -2.42. The van der Waals surface area contributed by atoms with Gasteiger partial charge in [0.1, 0.15) is 6.10 Å². The lowest BCUT2D eigenvalue weighted by atomic mass is 10.1. The number of ether oxygens (including phenoxy) is 1. The molecule has 0 aliphatic carbocycles. The van der Waals surface area contributed by atoms with Gasteiger partial charge in [0.2, 0.25) is 5.91 Å². The minimum Gasteiger partial charge on any atom is -0.460 e. The summed E-state index contributed by atoms with van der Waals surface area (Å²) in [6, 6.07) is 0.534. The third-order valence-electron chi connectivity index (χ3n) is 3.57. The Labute approximate surface area is 132 Å². The van der Waals surface area contributed by atoms with Crippen LogP contribution in [0.3, 0.4) is 0 Å². The van der Waals surface area contributed by atoms with E-state index in [1.165, 1.54) is 0 Å². The van der Waals surface area contributed by atoms with E-state index < -0.39 is 11.9 Å². The van der Waals surface area contributed by atoms with Crippen molar-refractivity contribution in [2.24, 2.45) is 5.92 Å². The molecule has 0 saturated carbocycles. The number of likely N-dealkylation sites (tertiary alicyclic amines) is 1. The average molecular weight is 331 g/mol. The molecule has 1 aromatic heterocycles. The van der Waals surface area contributed by atoms with Crippen LogP contribution in [-0.2, 0) is 11.0 Å². The van der Waals surface area contributed by atoms with Crippen LogP contribution < -0.4 is 4.74 Å². The molecule has 1 saturated heterocycles. The van der Waals surface area contributed by atoms with E-state index >= 15 is 0 Å². The van der Waals surface area contributed by atoms with E-state index in [-0.39, 0.29) is 18.0 Å². The zero-order valence-corrected chi connectivity index (χ0v) is 13.1. The molecule has 5 nitrogen and oxygen atoms in total. The molecule has 0 radical (unpaired) electrons. The molecule has 0 unspecified atom stereocenters. The summed E-state index contributed by atoms with van der Waals surface area (Å²) in [7, 11) is 0. The number of hydrogen-bond acceptors (Lipinski definition) is 4. The third-order valence-corrected chi connectivity index (χ3v) is 3.57. The molecule has 1 fully saturated rings. The number of piperidine rings is 1. The van der Waals surface area contributed by atoms with Crippen molar-refractivity contribution in [3.05, 3.63) is 18.0 Å². The largest absolute Gasteiger partial charge is 0.460 e. The quantitative estimate of drug-likeness (QED) is 0.851. The topological polar surface area (TPSA) is 55.3 Å². The van der Waals surface area contributed by atoms with Crippen LogP contribution in [0, 0.1) is 5.92 Å². The highest BCUT2D eigenvalue weighted by molar-refractivity contribution is 5.76. The minimum absolute atomic E-state index is 0.105. The van der Waals surface area contributed by atoms with Gasteiger partial charge in [0.05, 0.1) is 0 Å². The first-order valence-electron chi connectivity index (χ1n) is 7.60. The Morgan fingerprint density at radius 1 is 1.39 bits per heavy atom. The molecule has 1 aliphatic rings. The second-order valence-electron chi connectivity index (χ2n) is 6.02. The summed E-state index contributed by atoms with van der Waals surface area (Å²) < 4.78 is 43.2. The molecule has 8 heteroatoms. The predicted molar refractivity (Wildman–Crippen MR) is 76.7 cm³/mol. The van der Waals surface area contributed by atoms with Crippen LogP contribution in [0.1, 0.15) is 38.8 Å². The van der Waals surface area contributed by atoms with Crippen LogP contribution in [0.25, 0.3) is 0 Å². The second kappa shape index (κ2) is 7.14. The van der Waals surface area contributed by atoms with Crippen LogP contribution >= 0.6 is 0 Å². The number of carbonyl (C=O) groups excluding carboxylic acids is 1. The molecule has 1 aromatic rings. The molecule has 0 spiro atoms. The Morgan fingerprint density at radius 3 is 2.61 bits per heavy atom. The molecule has 0 atom stereocenters. The SMILES string of the molecule is CC(C)CC(=O)N1CCC(Oc2nccc(C(F)(F)F)n2)CC1. The lowest BCUT2D eigenvalue weighted by Gasteiger charge is -2.32. The maximum atomic E-state index is 12.6. The molecule has 128 valence electrons. The first kappa shape index (κ1) is 17.5. The summed E-state index contributed by atoms with van der Waals surface area (Å²) in [5.74, 6) is 0.406. The zero-order valence-electron chi connectivity index (χ0n) is 13.1. The van der Waals surface area contributed by atoms with Crippen LogP contribution in [0.4, 0.5) is 13.2 Å². The van der Waals surface area contributed by atoms with Gasteiger partial charge >= 0.3 is 12.2 Å². The second-order valence-corrected chi connectivity index (χ2v) is 6.02. The van der Waals surface area contributed by atoms with Gasteiger partial charge in [-0.25, -0.2) is 4.98 Å². The van der Waals surface area contributed by atoms with Crippen molar-refractivity contribution >= 4 is 5.91 Å². The Kier molecular flexibility index (Phi) is 5.43. The monoisotopic (exact) mass is 331 g/mol. The van der Waals surface area contributed by atoms with Gasteiger partial charge in [-0.2, -0.15) is 18.2 Å². The van der Waals surface area contributed by atoms with Crippen molar-refractivity contribution in [3.8, 4) is 6.01 Å². The Balaban J connectivity index is 1.88. The maximum Gasteiger partial charge on any atom is 0.433 e. The van der Waals surface area contributed by atoms with Gasteiger partial charge < -0.3 is 9.64 Å². The molecule has 23 heavy (non-hydrogen) atoms. The van der Waals surface area contributed by atoms with Crippen molar-refractivity contribution in [1.29, 1.82) is 0 Å². The molecule has 2 heterocycles. The number of nitrogens with zero attached hydrogens (tertiary/aromatic N) is 3. The van der Waals surface area contributed by atoms with E-state index in [1.807, 2.05) is 13.8 Å². The van der Waals surface area contributed by atoms with Crippen LogP contribution in [0.2, 0.25) is 0 Å². The fourth-order valence-corrected chi connectivity index (χ4v) is 2.41. The number of rotatable bonds is 4. The van der Waals surface area contributed by atoms with Gasteiger partial charge in [-0.3, -0.25) is 4.79 Å². The number of hydrogen-bond donors (Lipinski definition) is 0. The number of amides is 1. The number of carbonyl (C=O) groups is 1. The molecule has 0 bridgehead atoms. The first-order valence-corrected chi connectivity index (χ1v) is 7.60. The average Bonchev–Trinajstić information content (AvgIpc) is 2.46. The Bertz CT molecular complexity index is 541. The van der Waals surface area contributed by atoms with Gasteiger partial charge in [-0.1, -0.05) is 13.8 Å². The van der Waals surface area contributed by atoms with Crippen LogP contribution in [-0.4, -0.2) is 40.0 Å². The molecular weight excluding hydrogens is 311 g/mol. The smallest absolute Gasteiger partial charge is 0.433 e. The van der Waals surface area contributed by atoms with E-state index in [0.717, 1.165) is 12.3 Å². The van der Waals surface area contributed by atoms with Gasteiger partial charge in [0.25, 0.3) is 0 Å². The van der Waals surface area contributed by atoms with Gasteiger partial charge in [-0.15, -0.1) is 0 Å². The predicted octanol–water partition coefficient (Wildman–Crippen LogP) is 2.91. The molecule has 2 rings (SSSR count). The normalized spacial score (nSPS) is 16.7. The lowest BCUT2D eigenvalue weighted by molar-refractivity contribution is -0.142. The van der Waals surface area contributed by atoms with Gasteiger partial charge in [0.15, 0.2) is 5.69 Å². The van der Waals surface area contributed by atoms with Crippen molar-refractivity contribution in [1.82, 2.24) is 14.9 Å². The first-order chi connectivity index (χ1) is 10.8. The van der Waals surface area contributed by atoms with E-state index in [4.69, 9.17) is 4.74 Å². The minimum atomic E-state index is -4.52. The standard InChI is InChI=1S/C15H20F3N3O2/c1-10(2)9-13(22)21-7-4-11(5-8-21)23-14-19-6-3-12(20-14)15(16,17)18/h3,6,10-11H,4-5,7-9H2,1-2H3. The van der Waals surface area contributed by atoms with E-state index in [9.17, 15) is 18.0 Å². The number of halogens is 3. The fourth-order valence-electron chi connectivity index (χ4n) is 2.41. The summed E-state index contributed by atoms with van der Waals surface area (Å²) in [6.45, 7) is 5.04. The van der Waals surface area contributed by atoms with Gasteiger partial charge in [-0.05, 0) is 12.0 Å². The van der Waals surface area contributed by atoms with Gasteiger partial charge in [0, 0.05) is 38.5 Å². The summed E-state index contributed by atoms with van der Waals surface area (Å²) in [5.41, 5.74) is -1.02. The zero-order chi connectivity index (χ0) is 17.0. The highest BCUT2D eigenvalue weighted by Crippen LogP contribution is 2.28. The Hall–Kier alpha value is -1.86. The molecule has 0 N–H and O–H groups in total. The highest BCUT2D eigenvalue weighted by atomic mass is 19.4. The van der Waals surface area contributed by atoms with Crippen molar-refractivity contribution in [2.45, 2.75) is 45.4 Å². The van der Waals surface area contributed by atoms with E-state index in [0.29, 0.717) is 38.3 Å². The van der Waals surface area contributed by atoms with Crippen LogP contribution in [0.15, 0.2) is 12.3 Å². The van der Waals surface area contributed by atoms with Crippen LogP contribution in [0.5, 0.6) is 6.01 Å². The summed E-state index contributed by atoms with van der Waals surface area (Å²) in [6.07, 6.45) is -2.14. The van der Waals surface area contributed by atoms with E-state index in [1.54, 1.807) is 4.90 Å². The summed E-state index contributed by atoms with van der Waals surface area (Å²) in [4.78, 5) is 20.9. The van der Waals surface area contributed by atoms with Crippen molar-refractivity contribution < 1.29 is 22.7 Å². The summed E-state index contributed by atoms with van der Waals surface area (Å²) >= 11 is 0. The molecule has 1 amide bonds. The number of alkyl halides is 3.